The van der Waals surface area contributed by atoms with Gasteiger partial charge in [-0.25, -0.2) is 0 Å². The maximum absolute atomic E-state index is 6.13. The molecule has 0 radical (unpaired) electrons. The lowest BCUT2D eigenvalue weighted by atomic mass is 10.2. The molecule has 0 saturated carbocycles. The highest BCUT2D eigenvalue weighted by Crippen LogP contribution is 2.23. The molecular weight excluding hydrogens is 281 g/mol. The molecule has 0 aliphatic carbocycles. The fraction of sp³-hybridized carbons (Fsp3) is 0.0714. The fourth-order valence-corrected chi connectivity index (χ4v) is 2.38. The second-order valence-electron chi connectivity index (χ2n) is 4.26. The van der Waals surface area contributed by atoms with Crippen molar-refractivity contribution in [3.8, 4) is 0 Å². The zero-order valence-corrected chi connectivity index (χ0v) is 11.5. The van der Waals surface area contributed by atoms with Crippen molar-refractivity contribution in [2.24, 2.45) is 0 Å². The van der Waals surface area contributed by atoms with E-state index in [2.05, 4.69) is 15.5 Å². The minimum atomic E-state index is 0.646. The lowest BCUT2D eigenvalue weighted by molar-refractivity contribution is 1.12. The van der Waals surface area contributed by atoms with Crippen LogP contribution in [0.15, 0.2) is 42.6 Å². The van der Waals surface area contributed by atoms with Crippen molar-refractivity contribution >= 4 is 39.8 Å². The van der Waals surface area contributed by atoms with Gasteiger partial charge < -0.3 is 5.32 Å². The highest BCUT2D eigenvalue weighted by molar-refractivity contribution is 6.35. The average Bonchev–Trinajstić information content (AvgIpc) is 2.85. The van der Waals surface area contributed by atoms with E-state index < -0.39 is 0 Å². The van der Waals surface area contributed by atoms with Gasteiger partial charge in [-0.1, -0.05) is 29.3 Å². The average molecular weight is 292 g/mol. The van der Waals surface area contributed by atoms with Gasteiger partial charge in [0.1, 0.15) is 0 Å². The van der Waals surface area contributed by atoms with Gasteiger partial charge in [-0.2, -0.15) is 5.10 Å². The zero-order valence-electron chi connectivity index (χ0n) is 9.95. The van der Waals surface area contributed by atoms with Crippen LogP contribution in [0.5, 0.6) is 0 Å². The van der Waals surface area contributed by atoms with E-state index in [0.717, 1.165) is 22.2 Å². The van der Waals surface area contributed by atoms with Crippen LogP contribution in [0.1, 0.15) is 5.56 Å². The van der Waals surface area contributed by atoms with Gasteiger partial charge in [0.05, 0.1) is 11.7 Å². The van der Waals surface area contributed by atoms with Crippen LogP contribution in [0.25, 0.3) is 10.9 Å². The number of hydrogen-bond donors (Lipinski definition) is 2. The number of nitrogens with one attached hydrogen (secondary N) is 2. The number of rotatable bonds is 3. The van der Waals surface area contributed by atoms with E-state index in [1.807, 2.05) is 30.3 Å². The smallest absolute Gasteiger partial charge is 0.0670 e. The Morgan fingerprint density at radius 1 is 1.11 bits per heavy atom. The first-order valence-electron chi connectivity index (χ1n) is 5.83. The third kappa shape index (κ3) is 2.67. The molecule has 19 heavy (non-hydrogen) atoms. The van der Waals surface area contributed by atoms with Crippen LogP contribution >= 0.6 is 23.2 Å². The van der Waals surface area contributed by atoms with Crippen LogP contribution in [0.3, 0.4) is 0 Å². The summed E-state index contributed by atoms with van der Waals surface area (Å²) in [5, 5.41) is 12.7. The highest BCUT2D eigenvalue weighted by atomic mass is 35.5. The molecule has 1 heterocycles. The highest BCUT2D eigenvalue weighted by Gasteiger charge is 2.02. The normalized spacial score (nSPS) is 10.8. The van der Waals surface area contributed by atoms with Gasteiger partial charge in [0, 0.05) is 27.7 Å². The number of halogens is 2. The molecule has 96 valence electrons. The number of aromatic nitrogens is 2. The van der Waals surface area contributed by atoms with Gasteiger partial charge in [-0.05, 0) is 35.9 Å². The summed E-state index contributed by atoms with van der Waals surface area (Å²) in [6.45, 7) is 0.648. The Hall–Kier alpha value is -1.71. The van der Waals surface area contributed by atoms with E-state index >= 15 is 0 Å². The Morgan fingerprint density at radius 2 is 2.00 bits per heavy atom. The monoisotopic (exact) mass is 291 g/mol. The lowest BCUT2D eigenvalue weighted by Crippen LogP contribution is -1.99. The maximum atomic E-state index is 6.13. The molecule has 5 heteroatoms. The summed E-state index contributed by atoms with van der Waals surface area (Å²) >= 11 is 12.0. The number of anilines is 1. The van der Waals surface area contributed by atoms with E-state index in [9.17, 15) is 0 Å². The summed E-state index contributed by atoms with van der Waals surface area (Å²) in [5.74, 6) is 0. The van der Waals surface area contributed by atoms with Crippen molar-refractivity contribution in [1.82, 2.24) is 10.2 Å². The largest absolute Gasteiger partial charge is 0.381 e. The molecule has 0 bridgehead atoms. The van der Waals surface area contributed by atoms with Crippen LogP contribution in [0, 0.1) is 0 Å². The predicted molar refractivity (Wildman–Crippen MR) is 79.9 cm³/mol. The third-order valence-electron chi connectivity index (χ3n) is 2.94. The topological polar surface area (TPSA) is 40.7 Å². The van der Waals surface area contributed by atoms with Gasteiger partial charge in [-0.15, -0.1) is 0 Å². The molecule has 0 unspecified atom stereocenters. The fourth-order valence-electron chi connectivity index (χ4n) is 1.91. The summed E-state index contributed by atoms with van der Waals surface area (Å²) in [5.41, 5.74) is 3.03. The van der Waals surface area contributed by atoms with E-state index in [0.29, 0.717) is 16.6 Å². The standard InChI is InChI=1S/C14H11Cl2N3/c15-11-3-1-9(13(16)5-11)7-17-12-4-2-10-8-18-19-14(10)6-12/h1-6,8,17H,7H2,(H,18,19). The van der Waals surface area contributed by atoms with Crippen LogP contribution in [0.2, 0.25) is 10.0 Å². The Labute approximate surface area is 120 Å². The first-order valence-corrected chi connectivity index (χ1v) is 6.59. The molecule has 0 aliphatic rings. The van der Waals surface area contributed by atoms with Gasteiger partial charge >= 0.3 is 0 Å². The molecule has 3 nitrogen and oxygen atoms in total. The first-order chi connectivity index (χ1) is 9.22. The second kappa shape index (κ2) is 5.11. The van der Waals surface area contributed by atoms with Crippen molar-refractivity contribution in [3.63, 3.8) is 0 Å². The van der Waals surface area contributed by atoms with Crippen LogP contribution < -0.4 is 5.32 Å². The van der Waals surface area contributed by atoms with Crippen molar-refractivity contribution in [2.75, 3.05) is 5.32 Å². The van der Waals surface area contributed by atoms with Crippen LogP contribution in [0.4, 0.5) is 5.69 Å². The molecule has 0 atom stereocenters. The molecule has 1 aromatic heterocycles. The van der Waals surface area contributed by atoms with Crippen molar-refractivity contribution < 1.29 is 0 Å². The number of hydrogen-bond acceptors (Lipinski definition) is 2. The maximum Gasteiger partial charge on any atom is 0.0670 e. The SMILES string of the molecule is Clc1ccc(CNc2ccc3cn[nH]c3c2)c(Cl)c1. The molecule has 2 aromatic carbocycles. The van der Waals surface area contributed by atoms with Gasteiger partial charge in [0.25, 0.3) is 0 Å². The molecule has 0 saturated heterocycles. The Kier molecular flexibility index (Phi) is 3.32. The van der Waals surface area contributed by atoms with E-state index in [1.165, 1.54) is 0 Å². The van der Waals surface area contributed by atoms with Crippen molar-refractivity contribution in [3.05, 3.63) is 58.2 Å². The first kappa shape index (κ1) is 12.3. The summed E-state index contributed by atoms with van der Waals surface area (Å²) in [6, 6.07) is 11.6. The number of fused-ring (bicyclic) bond motifs is 1. The molecular formula is C14H11Cl2N3. The number of aromatic amines is 1. The summed E-state index contributed by atoms with van der Waals surface area (Å²) in [6.07, 6.45) is 1.80. The van der Waals surface area contributed by atoms with Gasteiger partial charge in [0.15, 0.2) is 0 Å². The quantitative estimate of drug-likeness (QED) is 0.747. The molecule has 2 N–H and O–H groups in total. The molecule has 0 amide bonds. The van der Waals surface area contributed by atoms with E-state index in [1.54, 1.807) is 12.3 Å². The summed E-state index contributed by atoms with van der Waals surface area (Å²) in [4.78, 5) is 0. The second-order valence-corrected chi connectivity index (χ2v) is 5.10. The van der Waals surface area contributed by atoms with Crippen molar-refractivity contribution in [2.45, 2.75) is 6.54 Å². The Balaban J connectivity index is 1.77. The van der Waals surface area contributed by atoms with E-state index in [-0.39, 0.29) is 0 Å². The summed E-state index contributed by atoms with van der Waals surface area (Å²) < 4.78 is 0. The van der Waals surface area contributed by atoms with Gasteiger partial charge in [0.2, 0.25) is 0 Å². The van der Waals surface area contributed by atoms with Gasteiger partial charge in [-0.3, -0.25) is 5.10 Å². The lowest BCUT2D eigenvalue weighted by Gasteiger charge is -2.08. The molecule has 0 spiro atoms. The summed E-state index contributed by atoms with van der Waals surface area (Å²) in [7, 11) is 0. The van der Waals surface area contributed by atoms with E-state index in [4.69, 9.17) is 23.2 Å². The predicted octanol–water partition coefficient (Wildman–Crippen LogP) is 4.48. The minimum absolute atomic E-state index is 0.646. The van der Waals surface area contributed by atoms with Crippen LogP contribution in [-0.2, 0) is 6.54 Å². The molecule has 3 rings (SSSR count). The zero-order chi connectivity index (χ0) is 13.2. The minimum Gasteiger partial charge on any atom is -0.381 e. The number of benzene rings is 2. The Morgan fingerprint density at radius 3 is 2.84 bits per heavy atom. The Bertz CT molecular complexity index is 722. The third-order valence-corrected chi connectivity index (χ3v) is 3.53. The van der Waals surface area contributed by atoms with Crippen molar-refractivity contribution in [1.29, 1.82) is 0 Å². The molecule has 0 aliphatic heterocycles. The number of nitrogens with zero attached hydrogens (tertiary/aromatic N) is 1. The van der Waals surface area contributed by atoms with Crippen LogP contribution in [-0.4, -0.2) is 10.2 Å². The molecule has 3 aromatic rings. The molecule has 0 fully saturated rings. The number of H-pyrrole nitrogens is 1.